The minimum atomic E-state index is 0.692. The van der Waals surface area contributed by atoms with Gasteiger partial charge in [-0.15, -0.1) is 0 Å². The zero-order valence-corrected chi connectivity index (χ0v) is 11.9. The van der Waals surface area contributed by atoms with Gasteiger partial charge < -0.3 is 0 Å². The van der Waals surface area contributed by atoms with Crippen LogP contribution in [0.25, 0.3) is 11.0 Å². The molecule has 2 radical (unpaired) electrons. The van der Waals surface area contributed by atoms with Gasteiger partial charge in [0.25, 0.3) is 0 Å². The van der Waals surface area contributed by atoms with Crippen molar-refractivity contribution in [2.75, 3.05) is 0 Å². The van der Waals surface area contributed by atoms with E-state index in [1.54, 1.807) is 0 Å². The van der Waals surface area contributed by atoms with Gasteiger partial charge in [0, 0.05) is 0 Å². The number of nitrogens with one attached hydrogen (secondary N) is 1. The van der Waals surface area contributed by atoms with Crippen LogP contribution in [-0.4, -0.2) is 37.0 Å². The van der Waals surface area contributed by atoms with Gasteiger partial charge in [-0.1, -0.05) is 0 Å². The van der Waals surface area contributed by atoms with Crippen molar-refractivity contribution < 1.29 is 0 Å². The van der Waals surface area contributed by atoms with Crippen molar-refractivity contribution in [1.29, 1.82) is 0 Å². The summed E-state index contributed by atoms with van der Waals surface area (Å²) in [5.41, 5.74) is 2.82. The zero-order valence-electron chi connectivity index (χ0n) is 9.26. The standard InChI is InChI=1S/C12H8AsClN4/c13-11-10-9(17-18-12(10)16-6-15-11)5-7-2-1-3-8(14)4-7/h1-4,6H,5H2,(H,15,16,17,18). The quantitative estimate of drug-likeness (QED) is 0.727. The van der Waals surface area contributed by atoms with E-state index in [1.165, 1.54) is 6.33 Å². The first-order valence-corrected chi connectivity index (χ1v) is 6.67. The Balaban J connectivity index is 2.05. The van der Waals surface area contributed by atoms with Gasteiger partial charge >= 0.3 is 117 Å². The molecule has 0 aliphatic heterocycles. The van der Waals surface area contributed by atoms with Crippen LogP contribution in [0.4, 0.5) is 0 Å². The van der Waals surface area contributed by atoms with Gasteiger partial charge in [0.1, 0.15) is 0 Å². The maximum absolute atomic E-state index is 5.98. The van der Waals surface area contributed by atoms with Crippen molar-refractivity contribution in [3.63, 3.8) is 0 Å². The maximum atomic E-state index is 5.98. The van der Waals surface area contributed by atoms with Crippen molar-refractivity contribution in [3.8, 4) is 0 Å². The fourth-order valence-electron chi connectivity index (χ4n) is 1.88. The number of H-pyrrole nitrogens is 1. The zero-order chi connectivity index (χ0) is 12.5. The molecule has 2 heterocycles. The molecule has 88 valence electrons. The number of halogens is 1. The van der Waals surface area contributed by atoms with Gasteiger partial charge in [-0.05, 0) is 0 Å². The summed E-state index contributed by atoms with van der Waals surface area (Å²) in [5.74, 6) is 0. The van der Waals surface area contributed by atoms with E-state index >= 15 is 0 Å². The SMILES string of the molecule is Clc1cccc(Cc2[nH]nc3ncnc([As])c23)c1. The summed E-state index contributed by atoms with van der Waals surface area (Å²) in [6, 6.07) is 7.78. The summed E-state index contributed by atoms with van der Waals surface area (Å²) in [6.45, 7) is 0. The molecule has 0 amide bonds. The summed E-state index contributed by atoms with van der Waals surface area (Å²) >= 11 is 8.43. The molecule has 0 aliphatic carbocycles. The van der Waals surface area contributed by atoms with Crippen LogP contribution in [0.3, 0.4) is 0 Å². The topological polar surface area (TPSA) is 54.5 Å². The van der Waals surface area contributed by atoms with E-state index in [2.05, 4.69) is 37.0 Å². The van der Waals surface area contributed by atoms with Crippen LogP contribution in [0, 0.1) is 0 Å². The van der Waals surface area contributed by atoms with Gasteiger partial charge in [-0.3, -0.25) is 0 Å². The van der Waals surface area contributed by atoms with Crippen LogP contribution in [0.1, 0.15) is 11.3 Å². The predicted molar refractivity (Wildman–Crippen MR) is 71.3 cm³/mol. The van der Waals surface area contributed by atoms with Crippen molar-refractivity contribution in [2.45, 2.75) is 6.42 Å². The van der Waals surface area contributed by atoms with E-state index in [9.17, 15) is 0 Å². The molecule has 18 heavy (non-hydrogen) atoms. The van der Waals surface area contributed by atoms with Crippen LogP contribution < -0.4 is 4.48 Å². The summed E-state index contributed by atoms with van der Waals surface area (Å²) in [4.78, 5) is 8.31. The Morgan fingerprint density at radius 2 is 2.17 bits per heavy atom. The molecule has 0 atom stereocenters. The molecule has 0 unspecified atom stereocenters. The number of hydrogen-bond donors (Lipinski definition) is 1. The van der Waals surface area contributed by atoms with Gasteiger partial charge in [0.2, 0.25) is 0 Å². The van der Waals surface area contributed by atoms with E-state index in [0.717, 1.165) is 32.6 Å². The number of benzene rings is 1. The first-order valence-electron chi connectivity index (χ1n) is 5.35. The Morgan fingerprint density at radius 3 is 3.00 bits per heavy atom. The van der Waals surface area contributed by atoms with Gasteiger partial charge in [0.15, 0.2) is 0 Å². The van der Waals surface area contributed by atoms with E-state index in [4.69, 9.17) is 11.6 Å². The Hall–Kier alpha value is -1.38. The molecule has 3 aromatic rings. The van der Waals surface area contributed by atoms with Crippen LogP contribution in [0.15, 0.2) is 30.6 Å². The van der Waals surface area contributed by atoms with Crippen LogP contribution in [0.5, 0.6) is 0 Å². The second-order valence-electron chi connectivity index (χ2n) is 3.90. The molecule has 0 fully saturated rings. The molecule has 2 aromatic heterocycles. The van der Waals surface area contributed by atoms with Gasteiger partial charge in [0.05, 0.1) is 0 Å². The monoisotopic (exact) mass is 318 g/mol. The molecule has 6 heteroatoms. The number of fused-ring (bicyclic) bond motifs is 1. The molecule has 3 rings (SSSR count). The first-order chi connectivity index (χ1) is 8.74. The molecule has 0 aliphatic rings. The Morgan fingerprint density at radius 1 is 1.28 bits per heavy atom. The second kappa shape index (κ2) is 4.71. The fraction of sp³-hybridized carbons (Fsp3) is 0.0833. The molecule has 0 bridgehead atoms. The fourth-order valence-corrected chi connectivity index (χ4v) is 2.69. The minimum absolute atomic E-state index is 0.692. The first kappa shape index (κ1) is 11.7. The summed E-state index contributed by atoms with van der Waals surface area (Å²) in [5, 5.41) is 8.90. The molecule has 1 N–H and O–H groups in total. The summed E-state index contributed by atoms with van der Waals surface area (Å²) in [7, 11) is 0. The second-order valence-corrected chi connectivity index (χ2v) is 5.23. The normalized spacial score (nSPS) is 11.0. The molecule has 0 saturated carbocycles. The van der Waals surface area contributed by atoms with Crippen LogP contribution in [-0.2, 0) is 6.42 Å². The van der Waals surface area contributed by atoms with Crippen molar-refractivity contribution in [1.82, 2.24) is 20.2 Å². The van der Waals surface area contributed by atoms with E-state index < -0.39 is 0 Å². The molecule has 0 saturated heterocycles. The third-order valence-corrected chi connectivity index (χ3v) is 3.62. The van der Waals surface area contributed by atoms with Crippen LogP contribution >= 0.6 is 11.6 Å². The Kier molecular flexibility index (Phi) is 3.06. The van der Waals surface area contributed by atoms with Crippen LogP contribution in [0.2, 0.25) is 5.02 Å². The molecule has 4 nitrogen and oxygen atoms in total. The van der Waals surface area contributed by atoms with E-state index in [-0.39, 0.29) is 0 Å². The van der Waals surface area contributed by atoms with Gasteiger partial charge in [-0.2, -0.15) is 0 Å². The van der Waals surface area contributed by atoms with Gasteiger partial charge in [-0.25, -0.2) is 0 Å². The Bertz CT molecular complexity index is 710. The van der Waals surface area contributed by atoms with E-state index in [0.29, 0.717) is 5.65 Å². The van der Waals surface area contributed by atoms with Crippen molar-refractivity contribution in [3.05, 3.63) is 46.9 Å². The number of aromatic nitrogens is 4. The van der Waals surface area contributed by atoms with Crippen molar-refractivity contribution in [2.24, 2.45) is 0 Å². The third kappa shape index (κ3) is 2.14. The molecule has 0 spiro atoms. The molecular formula is C12H8AsClN4. The average molecular weight is 319 g/mol. The summed E-state index contributed by atoms with van der Waals surface area (Å²) in [6.07, 6.45) is 2.25. The average Bonchev–Trinajstić information content (AvgIpc) is 2.74. The number of rotatable bonds is 2. The number of aromatic amines is 1. The predicted octanol–water partition coefficient (Wildman–Crippen LogP) is 1.39. The van der Waals surface area contributed by atoms with Crippen molar-refractivity contribution >= 4 is 44.0 Å². The third-order valence-electron chi connectivity index (χ3n) is 2.68. The molecule has 1 aromatic carbocycles. The van der Waals surface area contributed by atoms with E-state index in [1.807, 2.05) is 24.3 Å². The number of nitrogens with zero attached hydrogens (tertiary/aromatic N) is 3. The summed E-state index contributed by atoms with van der Waals surface area (Å²) < 4.78 is 0.873. The molecular weight excluding hydrogens is 311 g/mol. The number of hydrogen-bond acceptors (Lipinski definition) is 3. The Labute approximate surface area is 117 Å².